The highest BCUT2D eigenvalue weighted by atomic mass is 16.5. The van der Waals surface area contributed by atoms with Gasteiger partial charge in [-0.15, -0.1) is 0 Å². The summed E-state index contributed by atoms with van der Waals surface area (Å²) in [7, 11) is 6.71. The number of benzene rings is 3. The standard InChI is InChI=1S/C28H29NO5/c1-30-23-8-6-5-7-22(23)24-14-20-11-18(12-27(33-4)28(20)34-24)16-29-10-9-19-13-25(31-2)26(32-3)15-21(19)17-29/h5-8,11-15H,9-10,16-17H2,1-4H3. The van der Waals surface area contributed by atoms with Crippen molar-refractivity contribution < 1.29 is 23.4 Å². The molecule has 0 aliphatic carbocycles. The van der Waals surface area contributed by atoms with Crippen LogP contribution in [0.1, 0.15) is 16.7 Å². The molecule has 0 unspecified atom stereocenters. The van der Waals surface area contributed by atoms with E-state index in [1.54, 1.807) is 28.4 Å². The number of ether oxygens (including phenoxy) is 4. The minimum atomic E-state index is 0.734. The molecule has 1 aromatic heterocycles. The predicted octanol–water partition coefficient (Wildman–Crippen LogP) is 5.69. The molecular weight excluding hydrogens is 430 g/mol. The van der Waals surface area contributed by atoms with Gasteiger partial charge in [-0.25, -0.2) is 0 Å². The van der Waals surface area contributed by atoms with Crippen molar-refractivity contribution >= 4 is 11.0 Å². The van der Waals surface area contributed by atoms with E-state index in [4.69, 9.17) is 23.4 Å². The molecule has 6 heteroatoms. The Morgan fingerprint density at radius 1 is 0.765 bits per heavy atom. The number of hydrogen-bond acceptors (Lipinski definition) is 6. The van der Waals surface area contributed by atoms with Crippen LogP contribution < -0.4 is 18.9 Å². The van der Waals surface area contributed by atoms with Gasteiger partial charge in [-0.1, -0.05) is 12.1 Å². The van der Waals surface area contributed by atoms with Gasteiger partial charge in [-0.05, 0) is 65.6 Å². The van der Waals surface area contributed by atoms with Crippen LogP contribution in [0, 0.1) is 0 Å². The molecule has 0 saturated carbocycles. The maximum Gasteiger partial charge on any atom is 0.176 e. The molecule has 1 aliphatic rings. The fraction of sp³-hybridized carbons (Fsp3) is 0.286. The third-order valence-corrected chi connectivity index (χ3v) is 6.44. The van der Waals surface area contributed by atoms with Crippen LogP contribution in [0.25, 0.3) is 22.3 Å². The van der Waals surface area contributed by atoms with Crippen LogP contribution in [-0.2, 0) is 19.5 Å². The van der Waals surface area contributed by atoms with Gasteiger partial charge >= 0.3 is 0 Å². The van der Waals surface area contributed by atoms with Gasteiger partial charge in [0.1, 0.15) is 11.5 Å². The summed E-state index contributed by atoms with van der Waals surface area (Å²) >= 11 is 0. The van der Waals surface area contributed by atoms with Gasteiger partial charge in [0.2, 0.25) is 0 Å². The van der Waals surface area contributed by atoms with Gasteiger partial charge in [-0.3, -0.25) is 4.90 Å². The maximum atomic E-state index is 6.21. The Morgan fingerprint density at radius 3 is 2.21 bits per heavy atom. The van der Waals surface area contributed by atoms with Crippen molar-refractivity contribution in [2.24, 2.45) is 0 Å². The Morgan fingerprint density at radius 2 is 1.47 bits per heavy atom. The largest absolute Gasteiger partial charge is 0.496 e. The molecule has 5 rings (SSSR count). The molecule has 0 spiro atoms. The lowest BCUT2D eigenvalue weighted by Crippen LogP contribution is -2.30. The van der Waals surface area contributed by atoms with Crippen LogP contribution >= 0.6 is 0 Å². The van der Waals surface area contributed by atoms with Crippen LogP contribution in [0.15, 0.2) is 59.0 Å². The zero-order chi connectivity index (χ0) is 23.7. The first-order valence-corrected chi connectivity index (χ1v) is 11.3. The SMILES string of the molecule is COc1cc2c(cc1OC)CN(Cc1cc(OC)c3oc(-c4ccccc4OC)cc3c1)CC2. The molecule has 4 aromatic rings. The third kappa shape index (κ3) is 4.05. The molecule has 176 valence electrons. The summed E-state index contributed by atoms with van der Waals surface area (Å²) in [5, 5.41) is 1.01. The summed E-state index contributed by atoms with van der Waals surface area (Å²) in [5.74, 6) is 3.83. The monoisotopic (exact) mass is 459 g/mol. The average Bonchev–Trinajstić information content (AvgIpc) is 3.31. The first kappa shape index (κ1) is 22.2. The van der Waals surface area contributed by atoms with Crippen LogP contribution in [0.5, 0.6) is 23.0 Å². The molecule has 0 bridgehead atoms. The zero-order valence-corrected chi connectivity index (χ0v) is 20.0. The van der Waals surface area contributed by atoms with E-state index in [0.717, 1.165) is 71.3 Å². The number of nitrogens with zero attached hydrogens (tertiary/aromatic N) is 1. The van der Waals surface area contributed by atoms with E-state index in [-0.39, 0.29) is 0 Å². The first-order valence-electron chi connectivity index (χ1n) is 11.3. The second kappa shape index (κ2) is 9.31. The Hall–Kier alpha value is -3.64. The lowest BCUT2D eigenvalue weighted by atomic mass is 9.98. The van der Waals surface area contributed by atoms with E-state index in [1.165, 1.54) is 16.7 Å². The lowest BCUT2D eigenvalue weighted by Gasteiger charge is -2.29. The van der Waals surface area contributed by atoms with Crippen molar-refractivity contribution in [3.8, 4) is 34.3 Å². The summed E-state index contributed by atoms with van der Waals surface area (Å²) in [6.45, 7) is 2.64. The molecule has 3 aromatic carbocycles. The zero-order valence-electron chi connectivity index (χ0n) is 20.0. The minimum Gasteiger partial charge on any atom is -0.496 e. The molecule has 0 saturated heterocycles. The molecule has 6 nitrogen and oxygen atoms in total. The topological polar surface area (TPSA) is 53.3 Å². The van der Waals surface area contributed by atoms with E-state index in [0.29, 0.717) is 0 Å². The molecule has 0 radical (unpaired) electrons. The van der Waals surface area contributed by atoms with E-state index < -0.39 is 0 Å². The quantitative estimate of drug-likeness (QED) is 0.354. The number of fused-ring (bicyclic) bond motifs is 2. The molecule has 34 heavy (non-hydrogen) atoms. The summed E-state index contributed by atoms with van der Waals surface area (Å²) < 4.78 is 28.4. The molecule has 0 N–H and O–H groups in total. The minimum absolute atomic E-state index is 0.734. The van der Waals surface area contributed by atoms with Crippen molar-refractivity contribution in [1.82, 2.24) is 4.90 Å². The fourth-order valence-electron chi connectivity index (χ4n) is 4.74. The van der Waals surface area contributed by atoms with Crippen LogP contribution in [-0.4, -0.2) is 39.9 Å². The van der Waals surface area contributed by atoms with E-state index in [2.05, 4.69) is 35.2 Å². The van der Waals surface area contributed by atoms with Crippen molar-refractivity contribution in [1.29, 1.82) is 0 Å². The molecule has 1 aliphatic heterocycles. The Labute approximate surface area is 199 Å². The van der Waals surface area contributed by atoms with Crippen LogP contribution in [0.4, 0.5) is 0 Å². The third-order valence-electron chi connectivity index (χ3n) is 6.44. The highest BCUT2D eigenvalue weighted by Crippen LogP contribution is 2.38. The van der Waals surface area contributed by atoms with Gasteiger partial charge in [-0.2, -0.15) is 0 Å². The Bertz CT molecular complexity index is 1330. The van der Waals surface area contributed by atoms with Crippen LogP contribution in [0.2, 0.25) is 0 Å². The Balaban J connectivity index is 1.43. The highest BCUT2D eigenvalue weighted by Gasteiger charge is 2.21. The van der Waals surface area contributed by atoms with Crippen LogP contribution in [0.3, 0.4) is 0 Å². The Kier molecular flexibility index (Phi) is 6.07. The van der Waals surface area contributed by atoms with E-state index in [1.807, 2.05) is 24.3 Å². The highest BCUT2D eigenvalue weighted by molar-refractivity contribution is 5.89. The second-order valence-corrected chi connectivity index (χ2v) is 8.46. The summed E-state index contributed by atoms with van der Waals surface area (Å²) in [6.07, 6.45) is 0.971. The smallest absolute Gasteiger partial charge is 0.176 e. The predicted molar refractivity (Wildman–Crippen MR) is 132 cm³/mol. The van der Waals surface area contributed by atoms with Gasteiger partial charge in [0.05, 0.1) is 34.0 Å². The van der Waals surface area contributed by atoms with Gasteiger partial charge < -0.3 is 23.4 Å². The van der Waals surface area contributed by atoms with Gasteiger partial charge in [0.15, 0.2) is 22.8 Å². The number of furan rings is 1. The summed E-state index contributed by atoms with van der Waals surface area (Å²) in [5.41, 5.74) is 5.44. The second-order valence-electron chi connectivity index (χ2n) is 8.46. The summed E-state index contributed by atoms with van der Waals surface area (Å²) in [6, 6.07) is 18.4. The first-order chi connectivity index (χ1) is 16.6. The number of para-hydroxylation sites is 1. The lowest BCUT2D eigenvalue weighted by molar-refractivity contribution is 0.244. The maximum absolute atomic E-state index is 6.21. The molecule has 0 fully saturated rings. The fourth-order valence-corrected chi connectivity index (χ4v) is 4.74. The number of hydrogen-bond donors (Lipinski definition) is 0. The molecule has 2 heterocycles. The van der Waals surface area contributed by atoms with Crippen molar-refractivity contribution in [3.05, 3.63) is 71.3 Å². The molecular formula is C28H29NO5. The summed E-state index contributed by atoms with van der Waals surface area (Å²) in [4.78, 5) is 2.44. The van der Waals surface area contributed by atoms with Crippen molar-refractivity contribution in [2.75, 3.05) is 35.0 Å². The van der Waals surface area contributed by atoms with E-state index >= 15 is 0 Å². The normalized spacial score (nSPS) is 13.5. The van der Waals surface area contributed by atoms with Crippen molar-refractivity contribution in [3.63, 3.8) is 0 Å². The number of methoxy groups -OCH3 is 4. The van der Waals surface area contributed by atoms with Gasteiger partial charge in [0.25, 0.3) is 0 Å². The average molecular weight is 460 g/mol. The van der Waals surface area contributed by atoms with Gasteiger partial charge in [0, 0.05) is 25.0 Å². The van der Waals surface area contributed by atoms with E-state index in [9.17, 15) is 0 Å². The molecule has 0 amide bonds. The number of rotatable bonds is 7. The molecule has 0 atom stereocenters. The van der Waals surface area contributed by atoms with Crippen molar-refractivity contribution in [2.45, 2.75) is 19.5 Å².